The van der Waals surface area contributed by atoms with Gasteiger partial charge in [0, 0.05) is 13.1 Å². The highest BCUT2D eigenvalue weighted by Gasteiger charge is 2.10. The molecule has 0 aliphatic rings. The van der Waals surface area contributed by atoms with Crippen LogP contribution < -0.4 is 5.32 Å². The molecule has 0 saturated heterocycles. The lowest BCUT2D eigenvalue weighted by Gasteiger charge is -2.14. The van der Waals surface area contributed by atoms with Gasteiger partial charge in [-0.25, -0.2) is 0 Å². The molecule has 1 unspecified atom stereocenters. The van der Waals surface area contributed by atoms with E-state index < -0.39 is 0 Å². The van der Waals surface area contributed by atoms with E-state index in [1.54, 1.807) is 6.20 Å². The normalized spacial score (nSPS) is 13.1. The maximum absolute atomic E-state index is 6.05. The summed E-state index contributed by atoms with van der Waals surface area (Å²) in [4.78, 5) is 0. The Hall–Kier alpha value is -0.540. The number of rotatable bonds is 6. The summed E-state index contributed by atoms with van der Waals surface area (Å²) in [5.74, 6) is 0. The zero-order valence-electron chi connectivity index (χ0n) is 9.76. The zero-order chi connectivity index (χ0) is 11.3. The van der Waals surface area contributed by atoms with Crippen LogP contribution in [0, 0.1) is 0 Å². The lowest BCUT2D eigenvalue weighted by Crippen LogP contribution is -2.25. The lowest BCUT2D eigenvalue weighted by molar-refractivity contribution is 0.477. The molecule has 0 amide bonds. The molecule has 0 radical (unpaired) electrons. The predicted molar refractivity (Wildman–Crippen MR) is 64.3 cm³/mol. The van der Waals surface area contributed by atoms with Crippen molar-refractivity contribution in [2.75, 3.05) is 7.05 Å². The molecule has 0 bridgehead atoms. The molecule has 3 nitrogen and oxygen atoms in total. The number of aryl methyl sites for hydroxylation is 1. The first kappa shape index (κ1) is 12.5. The second kappa shape index (κ2) is 6.13. The van der Waals surface area contributed by atoms with Crippen molar-refractivity contribution < 1.29 is 0 Å². The van der Waals surface area contributed by atoms with Crippen LogP contribution in [0.5, 0.6) is 0 Å². The number of halogens is 1. The Balaban J connectivity index is 2.48. The zero-order valence-corrected chi connectivity index (χ0v) is 10.5. The second-order valence-electron chi connectivity index (χ2n) is 3.88. The van der Waals surface area contributed by atoms with Crippen molar-refractivity contribution in [3.63, 3.8) is 0 Å². The van der Waals surface area contributed by atoms with Crippen molar-refractivity contribution in [1.82, 2.24) is 15.1 Å². The molecule has 1 aromatic heterocycles. The molecule has 0 spiro atoms. The highest BCUT2D eigenvalue weighted by Crippen LogP contribution is 2.17. The van der Waals surface area contributed by atoms with E-state index in [1.165, 1.54) is 12.8 Å². The fourth-order valence-corrected chi connectivity index (χ4v) is 2.07. The average Bonchev–Trinajstić information content (AvgIpc) is 2.54. The van der Waals surface area contributed by atoms with Gasteiger partial charge in [-0.2, -0.15) is 5.10 Å². The van der Waals surface area contributed by atoms with Crippen LogP contribution in [0.3, 0.4) is 0 Å². The van der Waals surface area contributed by atoms with E-state index >= 15 is 0 Å². The molecular weight excluding hydrogens is 210 g/mol. The van der Waals surface area contributed by atoms with E-state index in [0.29, 0.717) is 6.04 Å². The SMILES string of the molecule is CCCC(CCc1c(Cl)cnn1C)NC. The van der Waals surface area contributed by atoms with Crippen LogP contribution >= 0.6 is 11.6 Å². The van der Waals surface area contributed by atoms with Gasteiger partial charge in [-0.05, 0) is 26.3 Å². The predicted octanol–water partition coefficient (Wildman–Crippen LogP) is 2.39. The molecule has 0 aromatic carbocycles. The van der Waals surface area contributed by atoms with Crippen molar-refractivity contribution >= 4 is 11.6 Å². The summed E-state index contributed by atoms with van der Waals surface area (Å²) >= 11 is 6.05. The second-order valence-corrected chi connectivity index (χ2v) is 4.28. The van der Waals surface area contributed by atoms with Crippen molar-refractivity contribution in [2.24, 2.45) is 7.05 Å². The molecule has 1 rings (SSSR count). The third-order valence-electron chi connectivity index (χ3n) is 2.79. The smallest absolute Gasteiger partial charge is 0.0817 e. The fourth-order valence-electron chi connectivity index (χ4n) is 1.81. The maximum atomic E-state index is 6.05. The van der Waals surface area contributed by atoms with Crippen molar-refractivity contribution in [3.05, 3.63) is 16.9 Å². The number of hydrogen-bond donors (Lipinski definition) is 1. The van der Waals surface area contributed by atoms with E-state index in [-0.39, 0.29) is 0 Å². The van der Waals surface area contributed by atoms with E-state index in [1.807, 2.05) is 18.8 Å². The summed E-state index contributed by atoms with van der Waals surface area (Å²) in [5.41, 5.74) is 1.13. The molecule has 86 valence electrons. The minimum atomic E-state index is 0.584. The minimum absolute atomic E-state index is 0.584. The third kappa shape index (κ3) is 3.50. The van der Waals surface area contributed by atoms with Crippen LogP contribution in [-0.2, 0) is 13.5 Å². The standard InChI is InChI=1S/C11H20ClN3/c1-4-5-9(13-2)6-7-11-10(12)8-14-15(11)3/h8-9,13H,4-7H2,1-3H3. The van der Waals surface area contributed by atoms with E-state index in [9.17, 15) is 0 Å². The maximum Gasteiger partial charge on any atom is 0.0817 e. The third-order valence-corrected chi connectivity index (χ3v) is 3.10. The average molecular weight is 230 g/mol. The summed E-state index contributed by atoms with van der Waals surface area (Å²) < 4.78 is 1.86. The summed E-state index contributed by atoms with van der Waals surface area (Å²) in [7, 11) is 3.96. The lowest BCUT2D eigenvalue weighted by atomic mass is 10.1. The van der Waals surface area contributed by atoms with Gasteiger partial charge >= 0.3 is 0 Å². The van der Waals surface area contributed by atoms with Crippen LogP contribution in [0.25, 0.3) is 0 Å². The van der Waals surface area contributed by atoms with Gasteiger partial charge in [-0.1, -0.05) is 24.9 Å². The minimum Gasteiger partial charge on any atom is -0.317 e. The Morgan fingerprint density at radius 3 is 2.73 bits per heavy atom. The molecular formula is C11H20ClN3. The molecule has 1 N–H and O–H groups in total. The van der Waals surface area contributed by atoms with Crippen LogP contribution in [0.2, 0.25) is 5.02 Å². The molecule has 4 heteroatoms. The van der Waals surface area contributed by atoms with E-state index in [0.717, 1.165) is 23.6 Å². The van der Waals surface area contributed by atoms with Crippen LogP contribution in [0.4, 0.5) is 0 Å². The molecule has 15 heavy (non-hydrogen) atoms. The van der Waals surface area contributed by atoms with Crippen LogP contribution in [-0.4, -0.2) is 22.9 Å². The number of nitrogens with zero attached hydrogens (tertiary/aromatic N) is 2. The summed E-state index contributed by atoms with van der Waals surface area (Å²) in [6.45, 7) is 2.21. The Bertz CT molecular complexity index is 277. The molecule has 1 aromatic rings. The van der Waals surface area contributed by atoms with Gasteiger partial charge in [-0.15, -0.1) is 0 Å². The van der Waals surface area contributed by atoms with Crippen molar-refractivity contribution in [3.8, 4) is 0 Å². The quantitative estimate of drug-likeness (QED) is 0.812. The number of aromatic nitrogens is 2. The molecule has 0 aliphatic carbocycles. The first-order valence-corrected chi connectivity index (χ1v) is 5.90. The van der Waals surface area contributed by atoms with Gasteiger partial charge in [0.15, 0.2) is 0 Å². The van der Waals surface area contributed by atoms with Gasteiger partial charge in [-0.3, -0.25) is 4.68 Å². The Morgan fingerprint density at radius 1 is 1.53 bits per heavy atom. The van der Waals surface area contributed by atoms with Gasteiger partial charge in [0.1, 0.15) is 0 Å². The fraction of sp³-hybridized carbons (Fsp3) is 0.727. The monoisotopic (exact) mass is 229 g/mol. The molecule has 0 aliphatic heterocycles. The van der Waals surface area contributed by atoms with E-state index in [2.05, 4.69) is 17.3 Å². The van der Waals surface area contributed by atoms with Crippen molar-refractivity contribution in [2.45, 2.75) is 38.6 Å². The largest absolute Gasteiger partial charge is 0.317 e. The van der Waals surface area contributed by atoms with Gasteiger partial charge < -0.3 is 5.32 Å². The first-order valence-electron chi connectivity index (χ1n) is 5.52. The topological polar surface area (TPSA) is 29.9 Å². The molecule has 0 saturated carbocycles. The Kier molecular flexibility index (Phi) is 5.12. The molecule has 1 atom stereocenters. The van der Waals surface area contributed by atoms with Gasteiger partial charge in [0.2, 0.25) is 0 Å². The number of nitrogens with one attached hydrogen (secondary N) is 1. The summed E-state index contributed by atoms with van der Waals surface area (Å²) in [5, 5.41) is 8.24. The first-order chi connectivity index (χ1) is 7.19. The Morgan fingerprint density at radius 2 is 2.27 bits per heavy atom. The van der Waals surface area contributed by atoms with Crippen LogP contribution in [0.15, 0.2) is 6.20 Å². The molecule has 1 heterocycles. The highest BCUT2D eigenvalue weighted by molar-refractivity contribution is 6.31. The summed E-state index contributed by atoms with van der Waals surface area (Å²) in [6, 6.07) is 0.584. The Labute approximate surface area is 96.8 Å². The van der Waals surface area contributed by atoms with Crippen molar-refractivity contribution in [1.29, 1.82) is 0 Å². The number of hydrogen-bond acceptors (Lipinski definition) is 2. The van der Waals surface area contributed by atoms with Gasteiger partial charge in [0.05, 0.1) is 16.9 Å². The highest BCUT2D eigenvalue weighted by atomic mass is 35.5. The van der Waals surface area contributed by atoms with E-state index in [4.69, 9.17) is 11.6 Å². The van der Waals surface area contributed by atoms with Gasteiger partial charge in [0.25, 0.3) is 0 Å². The summed E-state index contributed by atoms with van der Waals surface area (Å²) in [6.07, 6.45) is 6.24. The van der Waals surface area contributed by atoms with Crippen LogP contribution in [0.1, 0.15) is 31.9 Å². The molecule has 0 fully saturated rings.